The Labute approximate surface area is 133 Å². The zero-order valence-corrected chi connectivity index (χ0v) is 14.6. The second-order valence-corrected chi connectivity index (χ2v) is 7.64. The van der Waals surface area contributed by atoms with Crippen LogP contribution in [0.25, 0.3) is 0 Å². The Kier molecular flexibility index (Phi) is 4.73. The Morgan fingerprint density at radius 3 is 2.38 bits per heavy atom. The number of anilines is 1. The summed E-state index contributed by atoms with van der Waals surface area (Å²) < 4.78 is 25.7. The van der Waals surface area contributed by atoms with Crippen molar-refractivity contribution in [3.05, 3.63) is 40.1 Å². The van der Waals surface area contributed by atoms with Gasteiger partial charge in [0.15, 0.2) is 9.84 Å². The van der Waals surface area contributed by atoms with Gasteiger partial charge < -0.3 is 5.32 Å². The zero-order chi connectivity index (χ0) is 15.6. The molecule has 2 rings (SSSR count). The SMILES string of the molecule is CCc1nn(C)c(CNc2ccc(S(C)(=O)=O)cc2)c1Br. The molecule has 0 saturated heterocycles. The fraction of sp³-hybridized carbons (Fsp3) is 0.357. The van der Waals surface area contributed by atoms with Gasteiger partial charge in [-0.3, -0.25) is 4.68 Å². The van der Waals surface area contributed by atoms with E-state index in [2.05, 4.69) is 33.3 Å². The number of benzene rings is 1. The van der Waals surface area contributed by atoms with Crippen LogP contribution in [0.4, 0.5) is 5.69 Å². The molecule has 1 N–H and O–H groups in total. The van der Waals surface area contributed by atoms with Crippen molar-refractivity contribution in [2.45, 2.75) is 24.8 Å². The average Bonchev–Trinajstić information content (AvgIpc) is 2.70. The van der Waals surface area contributed by atoms with Crippen LogP contribution in [0.1, 0.15) is 18.3 Å². The Bertz CT molecular complexity index is 736. The summed E-state index contributed by atoms with van der Waals surface area (Å²) in [6.45, 7) is 2.68. The van der Waals surface area contributed by atoms with Gasteiger partial charge in [-0.15, -0.1) is 0 Å². The van der Waals surface area contributed by atoms with Gasteiger partial charge in [0.05, 0.1) is 27.3 Å². The lowest BCUT2D eigenvalue weighted by Crippen LogP contribution is -2.06. The average molecular weight is 372 g/mol. The third-order valence-corrected chi connectivity index (χ3v) is 5.29. The molecule has 0 spiro atoms. The molecule has 0 aliphatic heterocycles. The number of hydrogen-bond donors (Lipinski definition) is 1. The van der Waals surface area contributed by atoms with E-state index in [9.17, 15) is 8.42 Å². The number of nitrogens with zero attached hydrogens (tertiary/aromatic N) is 2. The molecular formula is C14H18BrN3O2S. The predicted molar refractivity (Wildman–Crippen MR) is 87.2 cm³/mol. The van der Waals surface area contributed by atoms with E-state index in [0.717, 1.165) is 28.0 Å². The van der Waals surface area contributed by atoms with Gasteiger partial charge in [-0.2, -0.15) is 5.10 Å². The van der Waals surface area contributed by atoms with Crippen molar-refractivity contribution in [2.75, 3.05) is 11.6 Å². The van der Waals surface area contributed by atoms with Gasteiger partial charge in [0, 0.05) is 19.0 Å². The highest BCUT2D eigenvalue weighted by Gasteiger charge is 2.12. The highest BCUT2D eigenvalue weighted by molar-refractivity contribution is 9.10. The summed E-state index contributed by atoms with van der Waals surface area (Å²) >= 11 is 3.57. The minimum Gasteiger partial charge on any atom is -0.379 e. The van der Waals surface area contributed by atoms with Crippen LogP contribution < -0.4 is 5.32 Å². The van der Waals surface area contributed by atoms with Crippen LogP contribution in [0.3, 0.4) is 0 Å². The standard InChI is InChI=1S/C14H18BrN3O2S/c1-4-12-14(15)13(18(2)17-12)9-16-10-5-7-11(8-6-10)21(3,19)20/h5-8,16H,4,9H2,1-3H3. The normalized spacial score (nSPS) is 11.6. The number of sulfone groups is 1. The van der Waals surface area contributed by atoms with Crippen molar-refractivity contribution < 1.29 is 8.42 Å². The van der Waals surface area contributed by atoms with Crippen LogP contribution in [0, 0.1) is 0 Å². The molecule has 0 amide bonds. The molecule has 0 fully saturated rings. The predicted octanol–water partition coefficient (Wildman–Crippen LogP) is 2.76. The van der Waals surface area contributed by atoms with Crippen LogP contribution in [-0.4, -0.2) is 24.5 Å². The molecule has 0 unspecified atom stereocenters. The Morgan fingerprint density at radius 2 is 1.90 bits per heavy atom. The number of hydrogen-bond acceptors (Lipinski definition) is 4. The van der Waals surface area contributed by atoms with Gasteiger partial charge in [-0.1, -0.05) is 6.92 Å². The largest absolute Gasteiger partial charge is 0.379 e. The minimum atomic E-state index is -3.15. The first kappa shape index (κ1) is 16.0. The second-order valence-electron chi connectivity index (χ2n) is 4.83. The third-order valence-electron chi connectivity index (χ3n) is 3.25. The van der Waals surface area contributed by atoms with Crippen molar-refractivity contribution >= 4 is 31.5 Å². The molecule has 5 nitrogen and oxygen atoms in total. The fourth-order valence-electron chi connectivity index (χ4n) is 2.02. The van der Waals surface area contributed by atoms with E-state index >= 15 is 0 Å². The molecule has 0 saturated carbocycles. The lowest BCUT2D eigenvalue weighted by Gasteiger charge is -2.08. The van der Waals surface area contributed by atoms with Crippen molar-refractivity contribution in [2.24, 2.45) is 7.05 Å². The monoisotopic (exact) mass is 371 g/mol. The highest BCUT2D eigenvalue weighted by Crippen LogP contribution is 2.23. The van der Waals surface area contributed by atoms with Crippen LogP contribution in [0.2, 0.25) is 0 Å². The van der Waals surface area contributed by atoms with Crippen molar-refractivity contribution in [3.8, 4) is 0 Å². The molecule has 1 aromatic heterocycles. The van der Waals surface area contributed by atoms with E-state index in [1.165, 1.54) is 6.26 Å². The maximum absolute atomic E-state index is 11.4. The fourth-order valence-corrected chi connectivity index (χ4v) is 3.40. The zero-order valence-electron chi connectivity index (χ0n) is 12.2. The molecule has 0 aliphatic carbocycles. The summed E-state index contributed by atoms with van der Waals surface area (Å²) in [5.74, 6) is 0. The summed E-state index contributed by atoms with van der Waals surface area (Å²) in [6, 6.07) is 6.74. The maximum atomic E-state index is 11.4. The van der Waals surface area contributed by atoms with E-state index in [0.29, 0.717) is 11.4 Å². The van der Waals surface area contributed by atoms with E-state index in [1.54, 1.807) is 24.3 Å². The summed E-state index contributed by atoms with van der Waals surface area (Å²) in [5, 5.41) is 7.71. The summed E-state index contributed by atoms with van der Waals surface area (Å²) in [6.07, 6.45) is 2.08. The minimum absolute atomic E-state index is 0.322. The molecule has 114 valence electrons. The van der Waals surface area contributed by atoms with E-state index in [-0.39, 0.29) is 0 Å². The molecule has 0 bridgehead atoms. The maximum Gasteiger partial charge on any atom is 0.175 e. The van der Waals surface area contributed by atoms with E-state index < -0.39 is 9.84 Å². The molecule has 1 aromatic carbocycles. The molecular weight excluding hydrogens is 354 g/mol. The van der Waals surface area contributed by atoms with Gasteiger partial charge in [0.2, 0.25) is 0 Å². The Hall–Kier alpha value is -1.34. The number of halogens is 1. The molecule has 1 heterocycles. The number of aryl methyl sites for hydroxylation is 2. The summed E-state index contributed by atoms with van der Waals surface area (Å²) in [5.41, 5.74) is 2.95. The molecule has 0 atom stereocenters. The first-order valence-corrected chi connectivity index (χ1v) is 9.25. The van der Waals surface area contributed by atoms with Crippen molar-refractivity contribution in [1.82, 2.24) is 9.78 Å². The smallest absolute Gasteiger partial charge is 0.175 e. The molecule has 21 heavy (non-hydrogen) atoms. The molecule has 0 radical (unpaired) electrons. The third kappa shape index (κ3) is 3.65. The Balaban J connectivity index is 2.12. The first-order chi connectivity index (χ1) is 9.82. The van der Waals surface area contributed by atoms with Crippen molar-refractivity contribution in [3.63, 3.8) is 0 Å². The molecule has 7 heteroatoms. The van der Waals surface area contributed by atoms with Gasteiger partial charge in [-0.25, -0.2) is 8.42 Å². The first-order valence-electron chi connectivity index (χ1n) is 6.57. The van der Waals surface area contributed by atoms with E-state index in [1.807, 2.05) is 11.7 Å². The van der Waals surface area contributed by atoms with Crippen molar-refractivity contribution in [1.29, 1.82) is 0 Å². The van der Waals surface area contributed by atoms with Crippen LogP contribution in [0.15, 0.2) is 33.6 Å². The van der Waals surface area contributed by atoms with Gasteiger partial charge in [-0.05, 0) is 46.6 Å². The topological polar surface area (TPSA) is 64.0 Å². The second kappa shape index (κ2) is 6.19. The van der Waals surface area contributed by atoms with E-state index in [4.69, 9.17) is 0 Å². The lowest BCUT2D eigenvalue weighted by atomic mass is 10.3. The van der Waals surface area contributed by atoms with Crippen LogP contribution in [0.5, 0.6) is 0 Å². The van der Waals surface area contributed by atoms with Gasteiger partial charge in [0.1, 0.15) is 0 Å². The van der Waals surface area contributed by atoms with Crippen LogP contribution >= 0.6 is 15.9 Å². The molecule has 0 aliphatic rings. The summed E-state index contributed by atoms with van der Waals surface area (Å²) in [7, 11) is -1.24. The van der Waals surface area contributed by atoms with Gasteiger partial charge >= 0.3 is 0 Å². The number of nitrogens with one attached hydrogen (secondary N) is 1. The highest BCUT2D eigenvalue weighted by atomic mass is 79.9. The molecule has 2 aromatic rings. The number of rotatable bonds is 5. The Morgan fingerprint density at radius 1 is 1.29 bits per heavy atom. The summed E-state index contributed by atoms with van der Waals surface area (Å²) in [4.78, 5) is 0.322. The lowest BCUT2D eigenvalue weighted by molar-refractivity contribution is 0.602. The van der Waals surface area contributed by atoms with Gasteiger partial charge in [0.25, 0.3) is 0 Å². The number of aromatic nitrogens is 2. The van der Waals surface area contributed by atoms with Crippen LogP contribution in [-0.2, 0) is 29.9 Å². The quantitative estimate of drug-likeness (QED) is 0.877.